The number of rotatable bonds is 8. The fourth-order valence-corrected chi connectivity index (χ4v) is 4.49. The van der Waals surface area contributed by atoms with Crippen LogP contribution in [0, 0.1) is 5.82 Å². The van der Waals surface area contributed by atoms with Crippen molar-refractivity contribution in [2.45, 2.75) is 12.3 Å². The Bertz CT molecular complexity index is 1640. The van der Waals surface area contributed by atoms with E-state index >= 15 is 0 Å². The Labute approximate surface area is 232 Å². The molecule has 4 aromatic rings. The Morgan fingerprint density at radius 2 is 1.80 bits per heavy atom. The Kier molecular flexibility index (Phi) is 7.40. The third-order valence-electron chi connectivity index (χ3n) is 6.62. The molecule has 1 N–H and O–H groups in total. The molecule has 0 saturated carbocycles. The van der Waals surface area contributed by atoms with Crippen LogP contribution in [0.5, 0.6) is 17.2 Å². The lowest BCUT2D eigenvalue weighted by Crippen LogP contribution is -2.55. The van der Waals surface area contributed by atoms with Gasteiger partial charge in [-0.05, 0) is 35.9 Å². The van der Waals surface area contributed by atoms with Gasteiger partial charge in [-0.25, -0.2) is 14.4 Å². The number of likely N-dealkylation sites (tertiary alicyclic amines) is 1. The van der Waals surface area contributed by atoms with Crippen molar-refractivity contribution in [3.05, 3.63) is 78.9 Å². The normalized spacial score (nSPS) is 13.5. The predicted molar refractivity (Wildman–Crippen MR) is 144 cm³/mol. The van der Waals surface area contributed by atoms with E-state index in [0.717, 1.165) is 6.07 Å². The molecule has 1 aromatic heterocycles. The average Bonchev–Trinajstić information content (AvgIpc) is 2.93. The lowest BCUT2D eigenvalue weighted by atomic mass is 10.0. The number of hydrogen-bond acceptors (Lipinski definition) is 7. The second kappa shape index (κ2) is 11.0. The highest BCUT2D eigenvalue weighted by Crippen LogP contribution is 2.40. The van der Waals surface area contributed by atoms with E-state index in [0.29, 0.717) is 58.8 Å². The number of amides is 1. The van der Waals surface area contributed by atoms with Crippen LogP contribution in [0.2, 0.25) is 0 Å². The maximum absolute atomic E-state index is 14.9. The molecule has 12 heteroatoms. The van der Waals surface area contributed by atoms with E-state index in [1.54, 1.807) is 17.0 Å². The standard InChI is InChI=1S/C29H24F4N4O4/c1-4-26(38)37-13-17(14-37)41-25-11-19-21(12-24(25)40-3)34-15-35-28(19)36-22-10-16(8-9-23(22)39-2)18-6-5-7-20(27(18)30)29(31,32)33/h4-12,15,17H,1,13-14H2,2-3H3,(H,34,35,36). The summed E-state index contributed by atoms with van der Waals surface area (Å²) in [5.74, 6) is -0.0485. The van der Waals surface area contributed by atoms with Crippen LogP contribution in [0.15, 0.2) is 67.5 Å². The molecule has 41 heavy (non-hydrogen) atoms. The molecular weight excluding hydrogens is 544 g/mol. The molecule has 1 aliphatic rings. The predicted octanol–water partition coefficient (Wildman–Crippen LogP) is 5.99. The molecule has 0 unspecified atom stereocenters. The first-order valence-corrected chi connectivity index (χ1v) is 12.3. The van der Waals surface area contributed by atoms with E-state index in [1.165, 1.54) is 50.9 Å². The van der Waals surface area contributed by atoms with Crippen molar-refractivity contribution in [1.82, 2.24) is 14.9 Å². The number of nitrogens with zero attached hydrogens (tertiary/aromatic N) is 3. The second-order valence-corrected chi connectivity index (χ2v) is 9.13. The monoisotopic (exact) mass is 568 g/mol. The zero-order valence-corrected chi connectivity index (χ0v) is 22.0. The minimum atomic E-state index is -4.84. The molecular formula is C29H24F4N4O4. The molecule has 1 fully saturated rings. The number of methoxy groups -OCH3 is 2. The first-order chi connectivity index (χ1) is 19.6. The van der Waals surface area contributed by atoms with Crippen LogP contribution in [0.1, 0.15) is 5.56 Å². The molecule has 212 valence electrons. The molecule has 2 heterocycles. The molecule has 0 bridgehead atoms. The molecule has 0 radical (unpaired) electrons. The van der Waals surface area contributed by atoms with Gasteiger partial charge in [-0.2, -0.15) is 13.2 Å². The summed E-state index contributed by atoms with van der Waals surface area (Å²) in [5.41, 5.74) is -0.528. The smallest absolute Gasteiger partial charge is 0.419 e. The number of hydrogen-bond donors (Lipinski definition) is 1. The summed E-state index contributed by atoms with van der Waals surface area (Å²) in [4.78, 5) is 22.0. The summed E-state index contributed by atoms with van der Waals surface area (Å²) >= 11 is 0. The van der Waals surface area contributed by atoms with Gasteiger partial charge in [-0.3, -0.25) is 4.79 Å². The summed E-state index contributed by atoms with van der Waals surface area (Å²) in [6.45, 7) is 4.26. The molecule has 1 saturated heterocycles. The van der Waals surface area contributed by atoms with Gasteiger partial charge in [0.15, 0.2) is 11.5 Å². The molecule has 3 aromatic carbocycles. The topological polar surface area (TPSA) is 85.8 Å². The van der Waals surface area contributed by atoms with Crippen molar-refractivity contribution in [3.8, 4) is 28.4 Å². The summed E-state index contributed by atoms with van der Waals surface area (Å²) in [7, 11) is 2.92. The summed E-state index contributed by atoms with van der Waals surface area (Å²) < 4.78 is 71.9. The highest BCUT2D eigenvalue weighted by Gasteiger charge is 2.35. The number of alkyl halides is 3. The maximum atomic E-state index is 14.9. The molecule has 0 aliphatic carbocycles. The number of ether oxygens (including phenoxy) is 3. The second-order valence-electron chi connectivity index (χ2n) is 9.13. The van der Waals surface area contributed by atoms with Gasteiger partial charge >= 0.3 is 6.18 Å². The van der Waals surface area contributed by atoms with E-state index in [9.17, 15) is 22.4 Å². The molecule has 1 amide bonds. The maximum Gasteiger partial charge on any atom is 0.419 e. The van der Waals surface area contributed by atoms with Crippen LogP contribution >= 0.6 is 0 Å². The Morgan fingerprint density at radius 3 is 2.49 bits per heavy atom. The average molecular weight is 569 g/mol. The molecule has 0 atom stereocenters. The van der Waals surface area contributed by atoms with Crippen LogP contribution in [0.4, 0.5) is 29.1 Å². The van der Waals surface area contributed by atoms with Crippen molar-refractivity contribution in [1.29, 1.82) is 0 Å². The van der Waals surface area contributed by atoms with E-state index in [2.05, 4.69) is 21.9 Å². The molecule has 1 aliphatic heterocycles. The summed E-state index contributed by atoms with van der Waals surface area (Å²) in [6.07, 6.45) is -2.52. The summed E-state index contributed by atoms with van der Waals surface area (Å²) in [5, 5.41) is 3.68. The first-order valence-electron chi connectivity index (χ1n) is 12.3. The zero-order chi connectivity index (χ0) is 29.3. The third kappa shape index (κ3) is 5.45. The van der Waals surface area contributed by atoms with Crippen LogP contribution in [-0.2, 0) is 11.0 Å². The number of aromatic nitrogens is 2. The minimum Gasteiger partial charge on any atom is -0.495 e. The van der Waals surface area contributed by atoms with Crippen LogP contribution in [-0.4, -0.2) is 54.2 Å². The van der Waals surface area contributed by atoms with Gasteiger partial charge in [0.1, 0.15) is 29.8 Å². The van der Waals surface area contributed by atoms with Gasteiger partial charge in [0, 0.05) is 17.0 Å². The molecule has 5 rings (SSSR count). The quantitative estimate of drug-likeness (QED) is 0.206. The van der Waals surface area contributed by atoms with Crippen molar-refractivity contribution >= 4 is 28.3 Å². The van der Waals surface area contributed by atoms with E-state index in [1.807, 2.05) is 0 Å². The van der Waals surface area contributed by atoms with Crippen LogP contribution in [0.3, 0.4) is 0 Å². The molecule has 8 nitrogen and oxygen atoms in total. The van der Waals surface area contributed by atoms with Crippen molar-refractivity contribution in [2.24, 2.45) is 0 Å². The summed E-state index contributed by atoms with van der Waals surface area (Å²) in [6, 6.07) is 11.0. The highest BCUT2D eigenvalue weighted by molar-refractivity contribution is 5.94. The van der Waals surface area contributed by atoms with Crippen LogP contribution in [0.25, 0.3) is 22.0 Å². The van der Waals surface area contributed by atoms with Gasteiger partial charge in [-0.15, -0.1) is 0 Å². The lowest BCUT2D eigenvalue weighted by Gasteiger charge is -2.38. The van der Waals surface area contributed by atoms with Gasteiger partial charge < -0.3 is 24.4 Å². The van der Waals surface area contributed by atoms with Gasteiger partial charge in [0.25, 0.3) is 0 Å². The zero-order valence-electron chi connectivity index (χ0n) is 22.0. The molecule has 0 spiro atoms. The first kappa shape index (κ1) is 27.7. The van der Waals surface area contributed by atoms with Crippen molar-refractivity contribution in [3.63, 3.8) is 0 Å². The fourth-order valence-electron chi connectivity index (χ4n) is 4.49. The van der Waals surface area contributed by atoms with Crippen LogP contribution < -0.4 is 19.5 Å². The number of fused-ring (bicyclic) bond motifs is 1. The highest BCUT2D eigenvalue weighted by atomic mass is 19.4. The van der Waals surface area contributed by atoms with Gasteiger partial charge in [0.2, 0.25) is 5.91 Å². The third-order valence-corrected chi connectivity index (χ3v) is 6.62. The Morgan fingerprint density at radius 1 is 1.05 bits per heavy atom. The Balaban J connectivity index is 1.50. The number of carbonyl (C=O) groups excluding carboxylic acids is 1. The number of carbonyl (C=O) groups is 1. The Hall–Kier alpha value is -4.87. The van der Waals surface area contributed by atoms with E-state index < -0.39 is 17.6 Å². The van der Waals surface area contributed by atoms with Gasteiger partial charge in [0.05, 0.1) is 44.1 Å². The van der Waals surface area contributed by atoms with E-state index in [-0.39, 0.29) is 23.1 Å². The van der Waals surface area contributed by atoms with Crippen molar-refractivity contribution in [2.75, 3.05) is 32.6 Å². The SMILES string of the molecule is C=CC(=O)N1CC(Oc2cc3c(Nc4cc(-c5cccc(C(F)(F)F)c5F)ccc4OC)ncnc3cc2OC)C1. The largest absolute Gasteiger partial charge is 0.495 e. The van der Waals surface area contributed by atoms with Crippen molar-refractivity contribution < 1.29 is 36.6 Å². The fraction of sp³-hybridized carbons (Fsp3) is 0.207. The number of nitrogens with one attached hydrogen (secondary N) is 1. The van der Waals surface area contributed by atoms with Gasteiger partial charge in [-0.1, -0.05) is 24.8 Å². The minimum absolute atomic E-state index is 0.184. The lowest BCUT2D eigenvalue weighted by molar-refractivity contribution is -0.140. The number of anilines is 2. The number of benzene rings is 3. The van der Waals surface area contributed by atoms with E-state index in [4.69, 9.17) is 14.2 Å². The number of halogens is 4.